The lowest BCUT2D eigenvalue weighted by Crippen LogP contribution is -2.44. The Labute approximate surface area is 95.0 Å². The van der Waals surface area contributed by atoms with Crippen LogP contribution in [0.15, 0.2) is 0 Å². The van der Waals surface area contributed by atoms with E-state index in [0.29, 0.717) is 13.0 Å². The van der Waals surface area contributed by atoms with Crippen LogP contribution in [0.1, 0.15) is 27.2 Å². The van der Waals surface area contributed by atoms with E-state index < -0.39 is 12.0 Å². The van der Waals surface area contributed by atoms with Crippen LogP contribution in [0.2, 0.25) is 0 Å². The molecule has 0 aromatic rings. The molecule has 5 heteroatoms. The predicted molar refractivity (Wildman–Crippen MR) is 62.1 cm³/mol. The highest BCUT2D eigenvalue weighted by molar-refractivity contribution is 7.99. The number of likely N-dealkylation sites (N-methyl/N-ethyl adjacent to an activating group) is 1. The quantitative estimate of drug-likeness (QED) is 0.676. The Kier molecular flexibility index (Phi) is 7.21. The third-order valence-corrected chi connectivity index (χ3v) is 3.08. The van der Waals surface area contributed by atoms with Crippen LogP contribution in [-0.2, 0) is 9.59 Å². The van der Waals surface area contributed by atoms with Gasteiger partial charge in [0.2, 0.25) is 5.91 Å². The topological polar surface area (TPSA) is 57.6 Å². The van der Waals surface area contributed by atoms with E-state index in [1.165, 1.54) is 11.8 Å². The van der Waals surface area contributed by atoms with Gasteiger partial charge in [-0.25, -0.2) is 4.79 Å². The zero-order valence-electron chi connectivity index (χ0n) is 9.52. The molecule has 0 aromatic carbocycles. The minimum Gasteiger partial charge on any atom is -0.480 e. The molecule has 1 atom stereocenters. The maximum atomic E-state index is 11.2. The molecule has 0 aromatic heterocycles. The molecular weight excluding hydrogens is 214 g/mol. The van der Waals surface area contributed by atoms with Crippen molar-refractivity contribution in [1.29, 1.82) is 0 Å². The van der Waals surface area contributed by atoms with Crippen molar-refractivity contribution in [3.05, 3.63) is 0 Å². The first-order chi connectivity index (χ1) is 7.04. The Morgan fingerprint density at radius 2 is 2.00 bits per heavy atom. The molecule has 1 amide bonds. The second-order valence-electron chi connectivity index (χ2n) is 3.14. The fourth-order valence-electron chi connectivity index (χ4n) is 1.41. The number of carbonyl (C=O) groups excluding carboxylic acids is 1. The summed E-state index contributed by atoms with van der Waals surface area (Å²) in [5, 5.41) is 9.02. The first-order valence-corrected chi connectivity index (χ1v) is 6.27. The molecule has 0 aliphatic rings. The second-order valence-corrected chi connectivity index (χ2v) is 4.54. The molecule has 4 nitrogen and oxygen atoms in total. The fourth-order valence-corrected chi connectivity index (χ4v) is 2.09. The molecule has 0 fully saturated rings. The summed E-state index contributed by atoms with van der Waals surface area (Å²) in [6, 6.07) is -0.674. The Hall–Kier alpha value is -0.710. The number of nitrogens with zero attached hydrogens (tertiary/aromatic N) is 1. The van der Waals surface area contributed by atoms with E-state index in [2.05, 4.69) is 0 Å². The molecule has 1 unspecified atom stereocenters. The predicted octanol–water partition coefficient (Wildman–Crippen LogP) is 1.45. The third-order valence-electron chi connectivity index (χ3n) is 2.15. The lowest BCUT2D eigenvalue weighted by molar-refractivity contribution is -0.149. The lowest BCUT2D eigenvalue weighted by atomic mass is 10.2. The normalized spacial score (nSPS) is 12.2. The van der Waals surface area contributed by atoms with Crippen LogP contribution in [0.5, 0.6) is 0 Å². The maximum absolute atomic E-state index is 11.2. The summed E-state index contributed by atoms with van der Waals surface area (Å²) in [7, 11) is 0. The van der Waals surface area contributed by atoms with E-state index in [4.69, 9.17) is 5.11 Å². The van der Waals surface area contributed by atoms with Crippen LogP contribution >= 0.6 is 11.8 Å². The van der Waals surface area contributed by atoms with Gasteiger partial charge in [-0.15, -0.1) is 0 Å². The largest absolute Gasteiger partial charge is 0.480 e. The van der Waals surface area contributed by atoms with Gasteiger partial charge in [-0.1, -0.05) is 6.92 Å². The van der Waals surface area contributed by atoms with Crippen molar-refractivity contribution in [3.8, 4) is 0 Å². The number of carboxylic acids is 1. The third kappa shape index (κ3) is 5.06. The van der Waals surface area contributed by atoms with E-state index in [9.17, 15) is 9.59 Å². The average molecular weight is 233 g/mol. The molecule has 0 aliphatic heterocycles. The summed E-state index contributed by atoms with van der Waals surface area (Å²) in [4.78, 5) is 23.6. The molecule has 0 rings (SSSR count). The number of amides is 1. The SMILES string of the molecule is CCSCCC(C(=O)O)N(CC)C(C)=O. The zero-order valence-corrected chi connectivity index (χ0v) is 10.3. The van der Waals surface area contributed by atoms with Gasteiger partial charge < -0.3 is 10.0 Å². The average Bonchev–Trinajstić information content (AvgIpc) is 2.16. The molecule has 0 saturated carbocycles. The number of carbonyl (C=O) groups is 2. The maximum Gasteiger partial charge on any atom is 0.326 e. The van der Waals surface area contributed by atoms with Gasteiger partial charge in [-0.05, 0) is 24.9 Å². The molecule has 0 radical (unpaired) electrons. The smallest absolute Gasteiger partial charge is 0.326 e. The molecule has 1 N–H and O–H groups in total. The van der Waals surface area contributed by atoms with Crippen molar-refractivity contribution >= 4 is 23.6 Å². The molecule has 0 saturated heterocycles. The lowest BCUT2D eigenvalue weighted by Gasteiger charge is -2.26. The molecular formula is C10H19NO3S. The number of hydrogen-bond acceptors (Lipinski definition) is 3. The van der Waals surface area contributed by atoms with Crippen molar-refractivity contribution in [2.24, 2.45) is 0 Å². The Morgan fingerprint density at radius 3 is 2.33 bits per heavy atom. The van der Waals surface area contributed by atoms with Crippen LogP contribution in [0.25, 0.3) is 0 Å². The van der Waals surface area contributed by atoms with Crippen LogP contribution in [0.4, 0.5) is 0 Å². The highest BCUT2D eigenvalue weighted by Gasteiger charge is 2.25. The van der Waals surface area contributed by atoms with Crippen molar-refractivity contribution in [3.63, 3.8) is 0 Å². The monoisotopic (exact) mass is 233 g/mol. The number of rotatable bonds is 7. The van der Waals surface area contributed by atoms with E-state index in [1.807, 2.05) is 6.92 Å². The Morgan fingerprint density at radius 1 is 1.40 bits per heavy atom. The molecule has 0 aliphatic carbocycles. The van der Waals surface area contributed by atoms with Crippen molar-refractivity contribution < 1.29 is 14.7 Å². The van der Waals surface area contributed by atoms with Gasteiger partial charge in [-0.3, -0.25) is 4.79 Å². The minimum atomic E-state index is -0.913. The van der Waals surface area contributed by atoms with E-state index in [1.54, 1.807) is 18.7 Å². The standard InChI is InChI=1S/C10H19NO3S/c1-4-11(8(3)12)9(10(13)14)6-7-15-5-2/h9H,4-7H2,1-3H3,(H,13,14). The molecule has 0 spiro atoms. The summed E-state index contributed by atoms with van der Waals surface area (Å²) < 4.78 is 0. The Bertz CT molecular complexity index is 221. The zero-order chi connectivity index (χ0) is 11.8. The van der Waals surface area contributed by atoms with Crippen LogP contribution < -0.4 is 0 Å². The summed E-state index contributed by atoms with van der Waals surface area (Å²) in [5.74, 6) is 0.658. The first kappa shape index (κ1) is 14.3. The molecule has 0 bridgehead atoms. The van der Waals surface area contributed by atoms with Crippen LogP contribution in [-0.4, -0.2) is 46.0 Å². The summed E-state index contributed by atoms with van der Waals surface area (Å²) in [6.45, 7) is 5.68. The number of thioether (sulfide) groups is 1. The first-order valence-electron chi connectivity index (χ1n) is 5.12. The minimum absolute atomic E-state index is 0.175. The fraction of sp³-hybridized carbons (Fsp3) is 0.800. The highest BCUT2D eigenvalue weighted by Crippen LogP contribution is 2.10. The van der Waals surface area contributed by atoms with Gasteiger partial charge in [0.1, 0.15) is 6.04 Å². The van der Waals surface area contributed by atoms with Gasteiger partial charge >= 0.3 is 5.97 Å². The van der Waals surface area contributed by atoms with Gasteiger partial charge in [0.15, 0.2) is 0 Å². The van der Waals surface area contributed by atoms with Gasteiger partial charge in [-0.2, -0.15) is 11.8 Å². The highest BCUT2D eigenvalue weighted by atomic mass is 32.2. The number of carboxylic acid groups (broad SMARTS) is 1. The molecule has 0 heterocycles. The van der Waals surface area contributed by atoms with Gasteiger partial charge in [0, 0.05) is 13.5 Å². The van der Waals surface area contributed by atoms with Crippen molar-refractivity contribution in [2.45, 2.75) is 33.2 Å². The molecule has 88 valence electrons. The number of aliphatic carboxylic acids is 1. The van der Waals surface area contributed by atoms with Gasteiger partial charge in [0.25, 0.3) is 0 Å². The van der Waals surface area contributed by atoms with Crippen LogP contribution in [0.3, 0.4) is 0 Å². The van der Waals surface area contributed by atoms with E-state index in [0.717, 1.165) is 11.5 Å². The van der Waals surface area contributed by atoms with Gasteiger partial charge in [0.05, 0.1) is 0 Å². The van der Waals surface area contributed by atoms with Crippen molar-refractivity contribution in [1.82, 2.24) is 4.90 Å². The van der Waals surface area contributed by atoms with Crippen molar-refractivity contribution in [2.75, 3.05) is 18.1 Å². The summed E-state index contributed by atoms with van der Waals surface area (Å²) >= 11 is 1.69. The molecule has 15 heavy (non-hydrogen) atoms. The van der Waals surface area contributed by atoms with E-state index in [-0.39, 0.29) is 5.91 Å². The second kappa shape index (κ2) is 7.56. The summed E-state index contributed by atoms with van der Waals surface area (Å²) in [6.07, 6.45) is 0.515. The summed E-state index contributed by atoms with van der Waals surface area (Å²) in [5.41, 5.74) is 0. The van der Waals surface area contributed by atoms with Crippen LogP contribution in [0, 0.1) is 0 Å². The Balaban J connectivity index is 4.35. The van der Waals surface area contributed by atoms with E-state index >= 15 is 0 Å². The number of hydrogen-bond donors (Lipinski definition) is 1.